The lowest BCUT2D eigenvalue weighted by Crippen LogP contribution is -2.12. The Morgan fingerprint density at radius 2 is 2.29 bits per heavy atom. The van der Waals surface area contributed by atoms with Gasteiger partial charge in [-0.05, 0) is 35.0 Å². The molecule has 0 aliphatic heterocycles. The Hall–Kier alpha value is -1.62. The molecule has 1 heterocycles. The zero-order valence-electron chi connectivity index (χ0n) is 9.51. The maximum Gasteiger partial charge on any atom is 0.166 e. The molecule has 0 saturated carbocycles. The van der Waals surface area contributed by atoms with E-state index in [4.69, 9.17) is 16.3 Å². The van der Waals surface area contributed by atoms with E-state index in [1.807, 2.05) is 31.2 Å². The molecule has 2 aromatic rings. The lowest BCUT2D eigenvalue weighted by Gasteiger charge is -2.07. The maximum atomic E-state index is 5.69. The number of nitrogens with zero attached hydrogens (tertiary/aromatic N) is 4. The van der Waals surface area contributed by atoms with Crippen molar-refractivity contribution in [3.63, 3.8) is 0 Å². The molecule has 2 rings (SSSR count). The summed E-state index contributed by atoms with van der Waals surface area (Å²) in [7, 11) is 0. The number of alkyl halides is 1. The molecule has 90 valence electrons. The zero-order valence-corrected chi connectivity index (χ0v) is 10.3. The fraction of sp³-hybridized carbons (Fsp3) is 0.364. The van der Waals surface area contributed by atoms with Gasteiger partial charge in [-0.1, -0.05) is 12.1 Å². The van der Waals surface area contributed by atoms with Gasteiger partial charge in [0.1, 0.15) is 12.4 Å². The summed E-state index contributed by atoms with van der Waals surface area (Å²) < 4.78 is 7.24. The number of hydrogen-bond donors (Lipinski definition) is 0. The molecule has 0 N–H and O–H groups in total. The lowest BCUT2D eigenvalue weighted by molar-refractivity contribution is 0.288. The number of halogens is 1. The fourth-order valence-corrected chi connectivity index (χ4v) is 1.64. The molecule has 0 aliphatic carbocycles. The number of tetrazole rings is 1. The number of aromatic nitrogens is 4. The van der Waals surface area contributed by atoms with Crippen LogP contribution in [0, 0.1) is 6.92 Å². The van der Waals surface area contributed by atoms with Crippen molar-refractivity contribution in [1.29, 1.82) is 0 Å². The quantitative estimate of drug-likeness (QED) is 0.762. The molecule has 1 aromatic heterocycles. The van der Waals surface area contributed by atoms with E-state index in [1.54, 1.807) is 4.68 Å². The van der Waals surface area contributed by atoms with Crippen LogP contribution in [0.2, 0.25) is 0 Å². The molecule has 1 aromatic carbocycles. The monoisotopic (exact) mass is 252 g/mol. The van der Waals surface area contributed by atoms with Crippen LogP contribution in [0.4, 0.5) is 0 Å². The van der Waals surface area contributed by atoms with Crippen LogP contribution in [-0.4, -0.2) is 26.8 Å². The number of rotatable bonds is 5. The topological polar surface area (TPSA) is 52.8 Å². The third kappa shape index (κ3) is 3.17. The van der Waals surface area contributed by atoms with Crippen LogP contribution in [-0.2, 0) is 12.4 Å². The molecule has 0 aliphatic rings. The predicted octanol–water partition coefficient (Wildman–Crippen LogP) is 1.80. The average Bonchev–Trinajstić information content (AvgIpc) is 2.77. The number of benzene rings is 1. The van der Waals surface area contributed by atoms with Crippen LogP contribution < -0.4 is 4.74 Å². The van der Waals surface area contributed by atoms with Gasteiger partial charge < -0.3 is 4.74 Å². The van der Waals surface area contributed by atoms with Crippen LogP contribution >= 0.6 is 11.6 Å². The zero-order chi connectivity index (χ0) is 12.1. The Labute approximate surface area is 104 Å². The third-order valence-corrected chi connectivity index (χ3v) is 2.53. The van der Waals surface area contributed by atoms with Gasteiger partial charge in [0.15, 0.2) is 5.82 Å². The SMILES string of the molecule is Cc1cccc(OCCn2nnnc2CCl)c1. The molecule has 17 heavy (non-hydrogen) atoms. The van der Waals surface area contributed by atoms with Crippen molar-refractivity contribution in [1.82, 2.24) is 20.2 Å². The van der Waals surface area contributed by atoms with Crippen molar-refractivity contribution in [2.24, 2.45) is 0 Å². The second-order valence-electron chi connectivity index (χ2n) is 3.62. The molecular weight excluding hydrogens is 240 g/mol. The van der Waals surface area contributed by atoms with E-state index in [-0.39, 0.29) is 0 Å². The molecule has 0 spiro atoms. The Bertz CT molecular complexity index is 486. The Kier molecular flexibility index (Phi) is 3.93. The minimum Gasteiger partial charge on any atom is -0.492 e. The normalized spacial score (nSPS) is 10.5. The van der Waals surface area contributed by atoms with Gasteiger partial charge in [0.2, 0.25) is 0 Å². The standard InChI is InChI=1S/C11H13ClN4O/c1-9-3-2-4-10(7-9)17-6-5-16-11(8-12)13-14-15-16/h2-4,7H,5-6,8H2,1H3. The molecular formula is C11H13ClN4O. The largest absolute Gasteiger partial charge is 0.492 e. The Morgan fingerprint density at radius 1 is 1.41 bits per heavy atom. The Balaban J connectivity index is 1.87. The van der Waals surface area contributed by atoms with Gasteiger partial charge in [-0.15, -0.1) is 16.7 Å². The fourth-order valence-electron chi connectivity index (χ4n) is 1.45. The van der Waals surface area contributed by atoms with Gasteiger partial charge in [0.25, 0.3) is 0 Å². The molecule has 6 heteroatoms. The van der Waals surface area contributed by atoms with Crippen LogP contribution in [0.15, 0.2) is 24.3 Å². The van der Waals surface area contributed by atoms with Gasteiger partial charge in [-0.25, -0.2) is 4.68 Å². The molecule has 0 amide bonds. The molecule has 0 radical (unpaired) electrons. The molecule has 0 bridgehead atoms. The number of hydrogen-bond acceptors (Lipinski definition) is 4. The van der Waals surface area contributed by atoms with Crippen LogP contribution in [0.1, 0.15) is 11.4 Å². The summed E-state index contributed by atoms with van der Waals surface area (Å²) in [5, 5.41) is 11.2. The molecule has 0 atom stereocenters. The third-order valence-electron chi connectivity index (χ3n) is 2.29. The summed E-state index contributed by atoms with van der Waals surface area (Å²) in [6, 6.07) is 7.91. The van der Waals surface area contributed by atoms with Crippen LogP contribution in [0.3, 0.4) is 0 Å². The van der Waals surface area contributed by atoms with Crippen molar-refractivity contribution < 1.29 is 4.74 Å². The van der Waals surface area contributed by atoms with Gasteiger partial charge >= 0.3 is 0 Å². The van der Waals surface area contributed by atoms with Gasteiger partial charge in [-0.3, -0.25) is 0 Å². The molecule has 0 saturated heterocycles. The first-order valence-electron chi connectivity index (χ1n) is 5.30. The smallest absolute Gasteiger partial charge is 0.166 e. The van der Waals surface area contributed by atoms with Crippen molar-refractivity contribution in [3.05, 3.63) is 35.7 Å². The summed E-state index contributed by atoms with van der Waals surface area (Å²) in [5.41, 5.74) is 1.17. The minimum absolute atomic E-state index is 0.303. The lowest BCUT2D eigenvalue weighted by atomic mass is 10.2. The van der Waals surface area contributed by atoms with E-state index in [0.717, 1.165) is 5.75 Å². The highest BCUT2D eigenvalue weighted by molar-refractivity contribution is 6.16. The highest BCUT2D eigenvalue weighted by Crippen LogP contribution is 2.12. The van der Waals surface area contributed by atoms with Crippen LogP contribution in [0.25, 0.3) is 0 Å². The van der Waals surface area contributed by atoms with E-state index in [1.165, 1.54) is 5.56 Å². The molecule has 5 nitrogen and oxygen atoms in total. The first-order valence-corrected chi connectivity index (χ1v) is 5.83. The van der Waals surface area contributed by atoms with Gasteiger partial charge in [-0.2, -0.15) is 0 Å². The second kappa shape index (κ2) is 5.63. The van der Waals surface area contributed by atoms with E-state index in [9.17, 15) is 0 Å². The summed E-state index contributed by atoms with van der Waals surface area (Å²) in [6.07, 6.45) is 0. The Morgan fingerprint density at radius 3 is 3.06 bits per heavy atom. The van der Waals surface area contributed by atoms with E-state index >= 15 is 0 Å². The van der Waals surface area contributed by atoms with Crippen molar-refractivity contribution >= 4 is 11.6 Å². The predicted molar refractivity (Wildman–Crippen MR) is 64.0 cm³/mol. The first kappa shape index (κ1) is 11.9. The maximum absolute atomic E-state index is 5.69. The average molecular weight is 253 g/mol. The van der Waals surface area contributed by atoms with Gasteiger partial charge in [0.05, 0.1) is 12.4 Å². The summed E-state index contributed by atoms with van der Waals surface area (Å²) in [6.45, 7) is 3.13. The minimum atomic E-state index is 0.303. The summed E-state index contributed by atoms with van der Waals surface area (Å²) >= 11 is 5.69. The van der Waals surface area contributed by atoms with Crippen molar-refractivity contribution in [3.8, 4) is 5.75 Å². The van der Waals surface area contributed by atoms with E-state index in [0.29, 0.717) is 24.9 Å². The van der Waals surface area contributed by atoms with E-state index in [2.05, 4.69) is 15.5 Å². The van der Waals surface area contributed by atoms with Crippen molar-refractivity contribution in [2.45, 2.75) is 19.3 Å². The second-order valence-corrected chi connectivity index (χ2v) is 3.88. The van der Waals surface area contributed by atoms with Crippen molar-refractivity contribution in [2.75, 3.05) is 6.61 Å². The number of ether oxygens (including phenoxy) is 1. The molecule has 0 unspecified atom stereocenters. The number of aryl methyl sites for hydroxylation is 1. The van der Waals surface area contributed by atoms with E-state index < -0.39 is 0 Å². The highest BCUT2D eigenvalue weighted by Gasteiger charge is 2.03. The summed E-state index contributed by atoms with van der Waals surface area (Å²) in [5.74, 6) is 1.81. The highest BCUT2D eigenvalue weighted by atomic mass is 35.5. The molecule has 0 fully saturated rings. The first-order chi connectivity index (χ1) is 8.29. The van der Waals surface area contributed by atoms with Gasteiger partial charge in [0, 0.05) is 0 Å². The summed E-state index contributed by atoms with van der Waals surface area (Å²) in [4.78, 5) is 0. The van der Waals surface area contributed by atoms with Crippen LogP contribution in [0.5, 0.6) is 5.75 Å².